The molecule has 1 aliphatic heterocycles. The largest absolute Gasteiger partial charge is 0.493 e. The first-order chi connectivity index (χ1) is 9.25. The fourth-order valence-electron chi connectivity index (χ4n) is 3.43. The van der Waals surface area contributed by atoms with Gasteiger partial charge in [0.1, 0.15) is 5.75 Å². The molecule has 19 heavy (non-hydrogen) atoms. The molecule has 0 N–H and O–H groups in total. The number of benzene rings is 1. The van der Waals surface area contributed by atoms with Crippen LogP contribution in [0.25, 0.3) is 0 Å². The average molecular weight is 280 g/mol. The van der Waals surface area contributed by atoms with Crippen molar-refractivity contribution in [2.75, 3.05) is 20.2 Å². The number of para-hydroxylation sites is 1. The van der Waals surface area contributed by atoms with Crippen LogP contribution in [0.2, 0.25) is 0 Å². The zero-order valence-electron chi connectivity index (χ0n) is 11.5. The number of halogens is 1. The molecule has 0 bridgehead atoms. The quantitative estimate of drug-likeness (QED) is 0.783. The zero-order chi connectivity index (χ0) is 13.2. The number of nitrogens with zero attached hydrogens (tertiary/aromatic N) is 1. The predicted molar refractivity (Wildman–Crippen MR) is 79.2 cm³/mol. The third kappa shape index (κ3) is 2.75. The molecule has 3 heteroatoms. The van der Waals surface area contributed by atoms with Crippen LogP contribution < -0.4 is 4.74 Å². The molecule has 1 aromatic rings. The van der Waals surface area contributed by atoms with Crippen LogP contribution in [0.4, 0.5) is 0 Å². The van der Waals surface area contributed by atoms with Crippen LogP contribution in [-0.2, 0) is 0 Å². The number of likely N-dealkylation sites (N-methyl/N-ethyl adjacent to an activating group) is 1. The highest BCUT2D eigenvalue weighted by Gasteiger charge is 2.31. The second kappa shape index (κ2) is 5.72. The van der Waals surface area contributed by atoms with Gasteiger partial charge in [0.15, 0.2) is 0 Å². The van der Waals surface area contributed by atoms with Gasteiger partial charge in [0, 0.05) is 29.4 Å². The molecule has 1 heterocycles. The normalized spacial score (nSPS) is 30.2. The summed E-state index contributed by atoms with van der Waals surface area (Å²) in [5, 5.41) is 0.316. The summed E-state index contributed by atoms with van der Waals surface area (Å²) in [6, 6.07) is 8.94. The van der Waals surface area contributed by atoms with Crippen molar-refractivity contribution in [3.8, 4) is 5.75 Å². The number of ether oxygens (including phenoxy) is 1. The molecule has 2 nitrogen and oxygen atoms in total. The second-order valence-electron chi connectivity index (χ2n) is 5.85. The van der Waals surface area contributed by atoms with Crippen molar-refractivity contribution in [3.05, 3.63) is 29.8 Å². The van der Waals surface area contributed by atoms with E-state index in [0.29, 0.717) is 17.3 Å². The number of rotatable bonds is 3. The molecule has 0 saturated heterocycles. The van der Waals surface area contributed by atoms with Gasteiger partial charge in [-0.3, -0.25) is 0 Å². The highest BCUT2D eigenvalue weighted by Crippen LogP contribution is 2.35. The lowest BCUT2D eigenvalue weighted by molar-refractivity contribution is 0.176. The van der Waals surface area contributed by atoms with Gasteiger partial charge < -0.3 is 9.64 Å². The van der Waals surface area contributed by atoms with E-state index < -0.39 is 0 Å². The van der Waals surface area contributed by atoms with Gasteiger partial charge in [-0.25, -0.2) is 0 Å². The maximum atomic E-state index is 6.49. The Hall–Kier alpha value is -0.730. The van der Waals surface area contributed by atoms with Crippen LogP contribution in [0, 0.1) is 0 Å². The van der Waals surface area contributed by atoms with E-state index in [9.17, 15) is 0 Å². The van der Waals surface area contributed by atoms with Crippen LogP contribution in [0.15, 0.2) is 24.3 Å². The van der Waals surface area contributed by atoms with Crippen LogP contribution in [-0.4, -0.2) is 36.5 Å². The van der Waals surface area contributed by atoms with E-state index >= 15 is 0 Å². The highest BCUT2D eigenvalue weighted by atomic mass is 35.5. The minimum atomic E-state index is 0.316. The molecule has 0 radical (unpaired) electrons. The molecule has 3 atom stereocenters. The maximum absolute atomic E-state index is 6.49. The Kier molecular flexibility index (Phi) is 3.99. The number of hydrogen-bond donors (Lipinski definition) is 0. The maximum Gasteiger partial charge on any atom is 0.122 e. The number of hydrogen-bond acceptors (Lipinski definition) is 2. The van der Waals surface area contributed by atoms with Crippen molar-refractivity contribution in [1.29, 1.82) is 0 Å². The van der Waals surface area contributed by atoms with Gasteiger partial charge in [-0.1, -0.05) is 31.0 Å². The molecule has 1 aliphatic carbocycles. The topological polar surface area (TPSA) is 12.5 Å². The highest BCUT2D eigenvalue weighted by molar-refractivity contribution is 6.21. The Bertz CT molecular complexity index is 437. The molecule has 1 saturated carbocycles. The summed E-state index contributed by atoms with van der Waals surface area (Å²) in [6.07, 6.45) is 5.00. The molecule has 104 valence electrons. The van der Waals surface area contributed by atoms with Crippen molar-refractivity contribution >= 4 is 11.6 Å². The third-order valence-electron chi connectivity index (χ3n) is 4.52. The minimum Gasteiger partial charge on any atom is -0.493 e. The fraction of sp³-hybridized carbons (Fsp3) is 0.625. The van der Waals surface area contributed by atoms with Crippen molar-refractivity contribution < 1.29 is 4.74 Å². The van der Waals surface area contributed by atoms with Crippen molar-refractivity contribution in [3.63, 3.8) is 0 Å². The Balaban J connectivity index is 1.66. The van der Waals surface area contributed by atoms with E-state index in [1.165, 1.54) is 24.8 Å². The summed E-state index contributed by atoms with van der Waals surface area (Å²) in [5.41, 5.74) is 1.36. The first kappa shape index (κ1) is 13.3. The third-order valence-corrected chi connectivity index (χ3v) is 5.03. The van der Waals surface area contributed by atoms with E-state index in [2.05, 4.69) is 30.1 Å². The Morgan fingerprint density at radius 3 is 2.89 bits per heavy atom. The lowest BCUT2D eigenvalue weighted by Gasteiger charge is -2.36. The molecular weight excluding hydrogens is 258 g/mol. The van der Waals surface area contributed by atoms with Gasteiger partial charge in [0.05, 0.1) is 6.61 Å². The van der Waals surface area contributed by atoms with E-state index in [-0.39, 0.29) is 0 Å². The number of alkyl halides is 1. The smallest absolute Gasteiger partial charge is 0.122 e. The zero-order valence-corrected chi connectivity index (χ0v) is 12.3. The summed E-state index contributed by atoms with van der Waals surface area (Å²) in [5.74, 6) is 1.55. The Morgan fingerprint density at radius 1 is 1.26 bits per heavy atom. The molecule has 3 rings (SSSR count). The molecule has 0 spiro atoms. The first-order valence-corrected chi connectivity index (χ1v) is 7.75. The molecular formula is C16H22ClNO. The van der Waals surface area contributed by atoms with Crippen LogP contribution in [0.5, 0.6) is 5.75 Å². The van der Waals surface area contributed by atoms with Gasteiger partial charge in [0.2, 0.25) is 0 Å². The van der Waals surface area contributed by atoms with E-state index in [4.69, 9.17) is 16.3 Å². The van der Waals surface area contributed by atoms with Crippen LogP contribution in [0.3, 0.4) is 0 Å². The van der Waals surface area contributed by atoms with Crippen LogP contribution in [0.1, 0.15) is 37.2 Å². The molecule has 1 aromatic carbocycles. The summed E-state index contributed by atoms with van der Waals surface area (Å²) < 4.78 is 5.77. The Labute approximate surface area is 120 Å². The second-order valence-corrected chi connectivity index (χ2v) is 6.41. The summed E-state index contributed by atoms with van der Waals surface area (Å²) >= 11 is 6.49. The Morgan fingerprint density at radius 2 is 2.05 bits per heavy atom. The standard InChI is InChI=1S/C16H22ClNO/c1-18(15-8-4-3-7-14(15)17)10-12-11-19-16-9-5-2-6-13(12)16/h2,5-6,9,12,14-15H,3-4,7-8,10-11H2,1H3. The van der Waals surface area contributed by atoms with Gasteiger partial charge in [-0.2, -0.15) is 0 Å². The van der Waals surface area contributed by atoms with Gasteiger partial charge >= 0.3 is 0 Å². The summed E-state index contributed by atoms with van der Waals surface area (Å²) in [6.45, 7) is 1.86. The molecule has 2 aliphatic rings. The SMILES string of the molecule is CN(CC1COc2ccccc21)C1CCCCC1Cl. The van der Waals surface area contributed by atoms with Gasteiger partial charge in [-0.05, 0) is 26.0 Å². The monoisotopic (exact) mass is 279 g/mol. The van der Waals surface area contributed by atoms with Crippen molar-refractivity contribution in [1.82, 2.24) is 4.90 Å². The van der Waals surface area contributed by atoms with E-state index in [1.807, 2.05) is 6.07 Å². The first-order valence-electron chi connectivity index (χ1n) is 7.32. The molecule has 1 fully saturated rings. The average Bonchev–Trinajstić information content (AvgIpc) is 2.83. The lowest BCUT2D eigenvalue weighted by atomic mass is 9.92. The van der Waals surface area contributed by atoms with Gasteiger partial charge in [0.25, 0.3) is 0 Å². The van der Waals surface area contributed by atoms with E-state index in [1.54, 1.807) is 0 Å². The number of fused-ring (bicyclic) bond motifs is 1. The fourth-order valence-corrected chi connectivity index (χ4v) is 3.90. The molecule has 0 aromatic heterocycles. The lowest BCUT2D eigenvalue weighted by Crippen LogP contribution is -2.42. The van der Waals surface area contributed by atoms with Crippen molar-refractivity contribution in [2.45, 2.75) is 43.0 Å². The minimum absolute atomic E-state index is 0.316. The summed E-state index contributed by atoms with van der Waals surface area (Å²) in [7, 11) is 2.21. The molecule has 3 unspecified atom stereocenters. The van der Waals surface area contributed by atoms with Gasteiger partial charge in [-0.15, -0.1) is 11.6 Å². The van der Waals surface area contributed by atoms with Crippen molar-refractivity contribution in [2.24, 2.45) is 0 Å². The summed E-state index contributed by atoms with van der Waals surface area (Å²) in [4.78, 5) is 2.45. The van der Waals surface area contributed by atoms with Crippen LogP contribution >= 0.6 is 11.6 Å². The molecule has 0 amide bonds. The predicted octanol–water partition coefficient (Wildman–Crippen LogP) is 3.64. The van der Waals surface area contributed by atoms with E-state index in [0.717, 1.165) is 25.3 Å².